The molecule has 9 rings (SSSR count). The van der Waals surface area contributed by atoms with Crippen LogP contribution in [0.3, 0.4) is 0 Å². The smallest absolute Gasteiger partial charge is 0.305 e. The van der Waals surface area contributed by atoms with Crippen LogP contribution in [-0.2, 0) is 85.1 Å². The molecule has 9 amide bonds. The van der Waals surface area contributed by atoms with E-state index >= 15 is 32.8 Å². The quantitative estimate of drug-likeness (QED) is 0.0598. The Balaban J connectivity index is 1.08. The van der Waals surface area contributed by atoms with Gasteiger partial charge in [0.25, 0.3) is 0 Å². The summed E-state index contributed by atoms with van der Waals surface area (Å²) in [6, 6.07) is 11.5. The lowest BCUT2D eigenvalue weighted by atomic mass is 9.85. The number of benzene rings is 4. The number of amides is 9. The van der Waals surface area contributed by atoms with Gasteiger partial charge in [0.05, 0.1) is 25.6 Å². The van der Waals surface area contributed by atoms with Crippen molar-refractivity contribution in [3.63, 3.8) is 0 Å². The topological polar surface area (TPSA) is 386 Å². The number of unbranched alkanes of at least 4 members (excludes halogenated alkanes) is 1. The number of carbonyl (C=O) groups excluding carboxylic acids is 9. The van der Waals surface area contributed by atoms with E-state index in [1.54, 1.807) is 63.7 Å². The molecule has 30 heteroatoms. The van der Waals surface area contributed by atoms with Crippen LogP contribution in [-0.4, -0.2) is 175 Å². The zero-order valence-electron chi connectivity index (χ0n) is 58.1. The lowest BCUT2D eigenvalue weighted by Gasteiger charge is -2.36. The van der Waals surface area contributed by atoms with Crippen LogP contribution < -0.4 is 53.0 Å². The Kier molecular flexibility index (Phi) is 26.9. The summed E-state index contributed by atoms with van der Waals surface area (Å²) in [5.74, 6) is -7.57. The molecule has 4 aromatic carbocycles. The van der Waals surface area contributed by atoms with Gasteiger partial charge >= 0.3 is 5.97 Å². The number of carboxylic acid groups (broad SMARTS) is 1. The summed E-state index contributed by atoms with van der Waals surface area (Å²) in [5.41, 5.74) is 7.77. The van der Waals surface area contributed by atoms with Crippen LogP contribution in [0.25, 0.3) is 21.8 Å². The SMILES string of the molecule is COc1ccc(C[C@H]2NC(=O)[C@@H](Cc3c[nH]cn3)NC(=O)[C@@H](CC(=O)O)NC(=O)[C@@H](Cc3c[nH]c4ccc(F)cc34)NC(=O)[C@@H](Cc3c[nH]c4ccc(F)cc34)NC(=O)[C@H](C(C)(C)C)NC(=O)[C@@H](CCCCN)NC(=O)CCSCc3cccc(c3)CSCCNC(=O)[C@@]3(C)CCCN3C2=O)cc1. The van der Waals surface area contributed by atoms with Crippen molar-refractivity contribution in [2.45, 2.75) is 158 Å². The minimum Gasteiger partial charge on any atom is -0.497 e. The van der Waals surface area contributed by atoms with Gasteiger partial charge in [-0.3, -0.25) is 47.9 Å². The number of nitrogens with one attached hydrogen (secondary N) is 11. The first-order valence-electron chi connectivity index (χ1n) is 34.3. The van der Waals surface area contributed by atoms with Crippen molar-refractivity contribution in [2.24, 2.45) is 11.1 Å². The number of nitrogens with zero attached hydrogens (tertiary/aromatic N) is 2. The first kappa shape index (κ1) is 77.4. The summed E-state index contributed by atoms with van der Waals surface area (Å²) in [4.78, 5) is 161. The predicted octanol–water partition coefficient (Wildman–Crippen LogP) is 5.04. The third kappa shape index (κ3) is 21.2. The molecular formula is C73H90F2N14O12S2. The van der Waals surface area contributed by atoms with E-state index < -0.39 is 137 Å². The van der Waals surface area contributed by atoms with E-state index in [0.29, 0.717) is 88.5 Å². The molecule has 103 heavy (non-hydrogen) atoms. The van der Waals surface area contributed by atoms with Gasteiger partial charge in [-0.15, -0.1) is 0 Å². The molecule has 2 aliphatic heterocycles. The Hall–Kier alpha value is -9.81. The van der Waals surface area contributed by atoms with Gasteiger partial charge in [-0.1, -0.05) is 57.2 Å². The third-order valence-electron chi connectivity index (χ3n) is 18.3. The molecular weight excluding hydrogens is 1370 g/mol. The van der Waals surface area contributed by atoms with Gasteiger partial charge in [-0.2, -0.15) is 23.5 Å². The molecule has 1 fully saturated rings. The number of aliphatic carboxylic acids is 1. The molecule has 550 valence electrons. The molecule has 3 aromatic heterocycles. The third-order valence-corrected chi connectivity index (χ3v) is 20.4. The zero-order chi connectivity index (χ0) is 74.0. The maximum atomic E-state index is 15.4. The number of halogens is 2. The average Bonchev–Trinajstić information content (AvgIpc) is 1.67. The number of nitrogens with two attached hydrogens (primary N) is 1. The van der Waals surface area contributed by atoms with Crippen molar-refractivity contribution in [3.05, 3.63) is 155 Å². The Morgan fingerprint density at radius 3 is 1.80 bits per heavy atom. The second kappa shape index (κ2) is 35.9. The highest BCUT2D eigenvalue weighted by molar-refractivity contribution is 7.98. The van der Waals surface area contributed by atoms with E-state index in [1.165, 1.54) is 85.1 Å². The molecule has 1 saturated heterocycles. The number of hydrogen-bond acceptors (Lipinski definition) is 15. The molecule has 2 bridgehead atoms. The molecule has 0 saturated carbocycles. The van der Waals surface area contributed by atoms with Gasteiger partial charge < -0.3 is 78.0 Å². The molecule has 0 unspecified atom stereocenters. The fourth-order valence-electron chi connectivity index (χ4n) is 12.7. The number of carbonyl (C=O) groups is 10. The lowest BCUT2D eigenvalue weighted by molar-refractivity contribution is -0.146. The van der Waals surface area contributed by atoms with Gasteiger partial charge in [-0.25, -0.2) is 13.8 Å². The van der Waals surface area contributed by atoms with Gasteiger partial charge in [0, 0.05) is 109 Å². The number of carboxylic acids is 1. The molecule has 8 atom stereocenters. The second-order valence-corrected chi connectivity index (χ2v) is 29.4. The number of thioether (sulfide) groups is 2. The Morgan fingerprint density at radius 2 is 1.22 bits per heavy atom. The second-order valence-electron chi connectivity index (χ2n) is 27.1. The monoisotopic (exact) mass is 1460 g/mol. The number of aromatic amines is 3. The Morgan fingerprint density at radius 1 is 0.660 bits per heavy atom. The minimum atomic E-state index is -2.01. The lowest BCUT2D eigenvalue weighted by Crippen LogP contribution is -2.63. The molecule has 7 aromatic rings. The van der Waals surface area contributed by atoms with Gasteiger partial charge in [0.1, 0.15) is 65.2 Å². The van der Waals surface area contributed by atoms with Crippen molar-refractivity contribution in [1.29, 1.82) is 0 Å². The number of imidazole rings is 1. The molecule has 0 aliphatic carbocycles. The fourth-order valence-corrected chi connectivity index (χ4v) is 14.4. The highest BCUT2D eigenvalue weighted by Gasteiger charge is 2.48. The van der Waals surface area contributed by atoms with E-state index in [-0.39, 0.29) is 61.8 Å². The number of fused-ring (bicyclic) bond motifs is 5. The highest BCUT2D eigenvalue weighted by Crippen LogP contribution is 2.32. The van der Waals surface area contributed by atoms with Crippen LogP contribution in [0.2, 0.25) is 0 Å². The average molecular weight is 1460 g/mol. The fraction of sp³-hybridized carbons (Fsp3) is 0.438. The normalized spacial score (nSPS) is 22.7. The van der Waals surface area contributed by atoms with E-state index in [0.717, 1.165) is 11.1 Å². The van der Waals surface area contributed by atoms with Crippen molar-refractivity contribution < 1.29 is 66.6 Å². The van der Waals surface area contributed by atoms with Crippen molar-refractivity contribution in [2.75, 3.05) is 38.2 Å². The number of hydrogen-bond donors (Lipinski definition) is 13. The van der Waals surface area contributed by atoms with Crippen LogP contribution in [0.5, 0.6) is 5.75 Å². The van der Waals surface area contributed by atoms with Crippen molar-refractivity contribution in [3.8, 4) is 5.75 Å². The first-order valence-corrected chi connectivity index (χ1v) is 36.6. The highest BCUT2D eigenvalue weighted by atomic mass is 32.2. The van der Waals surface area contributed by atoms with Crippen molar-refractivity contribution >= 4 is 104 Å². The summed E-state index contributed by atoms with van der Waals surface area (Å²) in [6.45, 7) is 7.43. The van der Waals surface area contributed by atoms with Crippen LogP contribution in [0.15, 0.2) is 110 Å². The van der Waals surface area contributed by atoms with Crippen LogP contribution in [0, 0.1) is 17.0 Å². The molecule has 2 aliphatic rings. The van der Waals surface area contributed by atoms with Crippen LogP contribution in [0.1, 0.15) is 106 Å². The molecule has 14 N–H and O–H groups in total. The zero-order valence-corrected chi connectivity index (χ0v) is 59.8. The number of methoxy groups -OCH3 is 1. The standard InChI is InChI=1S/C73H90F2N14O12S2/c1-72(2,3)63-69(98)86-57(31-46-37-80-54-20-16-48(75)33-52(46)54)66(95)83-56(30-45-36-79-53-19-15-47(74)32-51(45)53)65(94)85-59(35-62(91)92)68(97)84-58(34-49-38-77-41-81-49)67(96)87-60(29-42-13-17-50(101-5)18-14-42)70(99)89-25-9-22-73(89,4)71(100)78-24-27-103-40-44-11-8-10-43(28-44)39-102-26-21-61(90)82-55(64(93)88-63)12-6-7-23-76/h8,10-11,13-20,28,32-33,36-38,41,55-60,63,79-80H,6-7,9,12,21-27,29-31,34-35,39-40,76H2,1-5H3,(H,77,81)(H,78,100)(H,82,90)(H,83,95)(H,84,97)(H,85,94)(H,86,98)(H,87,96)(H,88,93)(H,91,92)/t55-,56-,57-,58-,59-,60-,63-,73-/m1/s1. The summed E-state index contributed by atoms with van der Waals surface area (Å²) in [5, 5.41) is 33.1. The van der Waals surface area contributed by atoms with E-state index in [1.807, 2.05) is 18.2 Å². The van der Waals surface area contributed by atoms with Crippen LogP contribution in [0.4, 0.5) is 8.78 Å². The number of H-pyrrole nitrogens is 3. The predicted molar refractivity (Wildman–Crippen MR) is 387 cm³/mol. The van der Waals surface area contributed by atoms with Crippen molar-refractivity contribution in [1.82, 2.24) is 67.4 Å². The van der Waals surface area contributed by atoms with E-state index in [9.17, 15) is 29.1 Å². The van der Waals surface area contributed by atoms with Gasteiger partial charge in [-0.05, 0) is 127 Å². The number of rotatable bonds is 15. The Labute approximate surface area is 603 Å². The van der Waals surface area contributed by atoms with Gasteiger partial charge in [0.2, 0.25) is 53.2 Å². The molecule has 5 heterocycles. The molecule has 0 radical (unpaired) electrons. The molecule has 26 nitrogen and oxygen atoms in total. The number of aromatic nitrogens is 4. The summed E-state index contributed by atoms with van der Waals surface area (Å²) in [7, 11) is 1.49. The summed E-state index contributed by atoms with van der Waals surface area (Å²) >= 11 is 3.13. The summed E-state index contributed by atoms with van der Waals surface area (Å²) in [6.07, 6.45) is 5.27. The maximum Gasteiger partial charge on any atom is 0.305 e. The Bertz CT molecular complexity index is 4170. The van der Waals surface area contributed by atoms with E-state index in [2.05, 4.69) is 68.5 Å². The molecule has 0 spiro atoms. The first-order chi connectivity index (χ1) is 49.3. The summed E-state index contributed by atoms with van der Waals surface area (Å²) < 4.78 is 35.5. The van der Waals surface area contributed by atoms with Crippen LogP contribution >= 0.6 is 23.5 Å². The minimum absolute atomic E-state index is 0.0484. The largest absolute Gasteiger partial charge is 0.497 e. The van der Waals surface area contributed by atoms with E-state index in [4.69, 9.17) is 10.5 Å². The number of ether oxygens (including phenoxy) is 1. The maximum absolute atomic E-state index is 15.4. The van der Waals surface area contributed by atoms with Gasteiger partial charge in [0.15, 0.2) is 0 Å².